The molecule has 0 fully saturated rings. The molecule has 0 saturated carbocycles. The third-order valence-electron chi connectivity index (χ3n) is 4.96. The van der Waals surface area contributed by atoms with Gasteiger partial charge in [-0.25, -0.2) is 0 Å². The molecule has 36 heavy (non-hydrogen) atoms. The summed E-state index contributed by atoms with van der Waals surface area (Å²) in [6.45, 7) is 2.62. The number of carbonyl (C=O) groups is 1. The predicted octanol–water partition coefficient (Wildman–Crippen LogP) is 6.64. The van der Waals surface area contributed by atoms with E-state index in [1.165, 1.54) is 32.4 Å². The highest BCUT2D eigenvalue weighted by molar-refractivity contribution is 9.10. The molecule has 0 aromatic heterocycles. The second-order valence-electron chi connectivity index (χ2n) is 7.35. The van der Waals surface area contributed by atoms with E-state index < -0.39 is 5.91 Å². The second kappa shape index (κ2) is 12.9. The van der Waals surface area contributed by atoms with Crippen molar-refractivity contribution in [1.82, 2.24) is 0 Å². The maximum Gasteiger partial charge on any atom is 0.266 e. The van der Waals surface area contributed by atoms with Gasteiger partial charge in [-0.05, 0) is 52.2 Å². The minimum atomic E-state index is -0.626. The van der Waals surface area contributed by atoms with Gasteiger partial charge >= 0.3 is 0 Å². The minimum absolute atomic E-state index is 0.127. The first-order valence-corrected chi connectivity index (χ1v) is 12.0. The summed E-state index contributed by atoms with van der Waals surface area (Å²) in [6.07, 6.45) is 1.46. The highest BCUT2D eigenvalue weighted by atomic mass is 79.9. The van der Waals surface area contributed by atoms with Crippen LogP contribution < -0.4 is 24.3 Å². The lowest BCUT2D eigenvalue weighted by atomic mass is 10.1. The fraction of sp³-hybridized carbons (Fsp3) is 0.185. The molecule has 0 saturated heterocycles. The van der Waals surface area contributed by atoms with Gasteiger partial charge < -0.3 is 24.3 Å². The van der Waals surface area contributed by atoms with Gasteiger partial charge in [0, 0.05) is 12.1 Å². The number of ether oxygens (including phenoxy) is 4. The summed E-state index contributed by atoms with van der Waals surface area (Å²) in [5.41, 5.74) is 1.77. The van der Waals surface area contributed by atoms with Gasteiger partial charge in [0.1, 0.15) is 29.7 Å². The summed E-state index contributed by atoms with van der Waals surface area (Å²) in [5.74, 6) is 1.06. The first kappa shape index (κ1) is 26.9. The number of nitrogens with zero attached hydrogens (tertiary/aromatic N) is 1. The Hall–Kier alpha value is -3.67. The van der Waals surface area contributed by atoms with Crippen molar-refractivity contribution in [3.05, 3.63) is 80.8 Å². The summed E-state index contributed by atoms with van der Waals surface area (Å²) < 4.78 is 22.9. The predicted molar refractivity (Wildman–Crippen MR) is 143 cm³/mol. The largest absolute Gasteiger partial charge is 0.495 e. The van der Waals surface area contributed by atoms with Gasteiger partial charge in [-0.3, -0.25) is 4.79 Å². The van der Waals surface area contributed by atoms with Crippen molar-refractivity contribution in [2.24, 2.45) is 0 Å². The van der Waals surface area contributed by atoms with E-state index in [1.54, 1.807) is 12.1 Å². The Balaban J connectivity index is 1.88. The Kier molecular flexibility index (Phi) is 9.62. The van der Waals surface area contributed by atoms with E-state index >= 15 is 0 Å². The molecule has 0 radical (unpaired) electrons. The van der Waals surface area contributed by atoms with Gasteiger partial charge in [0.25, 0.3) is 5.91 Å². The van der Waals surface area contributed by atoms with Crippen molar-refractivity contribution in [2.75, 3.05) is 26.1 Å². The summed E-state index contributed by atoms with van der Waals surface area (Å²) in [5, 5.41) is 12.7. The van der Waals surface area contributed by atoms with Crippen LogP contribution >= 0.6 is 27.5 Å². The van der Waals surface area contributed by atoms with Crippen LogP contribution in [0.15, 0.2) is 64.6 Å². The Bertz CT molecular complexity index is 1310. The molecule has 9 heteroatoms. The number of anilines is 1. The third-order valence-corrected chi connectivity index (χ3v) is 5.84. The summed E-state index contributed by atoms with van der Waals surface area (Å²) in [6, 6.07) is 18.2. The van der Waals surface area contributed by atoms with E-state index in [0.717, 1.165) is 5.56 Å². The van der Waals surface area contributed by atoms with Crippen molar-refractivity contribution < 1.29 is 23.7 Å². The van der Waals surface area contributed by atoms with Crippen LogP contribution in [0, 0.1) is 11.3 Å². The smallest absolute Gasteiger partial charge is 0.266 e. The molecule has 1 N–H and O–H groups in total. The summed E-state index contributed by atoms with van der Waals surface area (Å²) >= 11 is 9.66. The normalized spacial score (nSPS) is 10.8. The molecule has 7 nitrogen and oxygen atoms in total. The van der Waals surface area contributed by atoms with Crippen LogP contribution in [0.25, 0.3) is 6.08 Å². The van der Waals surface area contributed by atoms with Crippen molar-refractivity contribution in [3.8, 4) is 29.1 Å². The number of nitriles is 1. The first-order chi connectivity index (χ1) is 17.4. The van der Waals surface area contributed by atoms with Crippen LogP contribution in [-0.2, 0) is 11.4 Å². The fourth-order valence-electron chi connectivity index (χ4n) is 3.27. The quantitative estimate of drug-likeness (QED) is 0.217. The molecule has 3 aromatic carbocycles. The maximum atomic E-state index is 12.9. The van der Waals surface area contributed by atoms with Gasteiger partial charge in [-0.15, -0.1) is 0 Å². The Labute approximate surface area is 223 Å². The lowest BCUT2D eigenvalue weighted by Gasteiger charge is -2.15. The van der Waals surface area contributed by atoms with E-state index in [0.29, 0.717) is 57.0 Å². The number of methoxy groups -OCH3 is 2. The highest BCUT2D eigenvalue weighted by Gasteiger charge is 2.17. The van der Waals surface area contributed by atoms with Gasteiger partial charge in [-0.2, -0.15) is 5.26 Å². The van der Waals surface area contributed by atoms with Crippen molar-refractivity contribution in [2.45, 2.75) is 13.5 Å². The zero-order valence-corrected chi connectivity index (χ0v) is 22.3. The van der Waals surface area contributed by atoms with Crippen molar-refractivity contribution in [1.29, 1.82) is 5.26 Å². The van der Waals surface area contributed by atoms with E-state index in [9.17, 15) is 10.1 Å². The standard InChI is InChI=1S/C27H24BrClN2O5/c1-4-35-25-12-18(11-20(28)26(25)36-16-17-8-6-5-7-9-17)10-19(15-30)27(32)31-22-14-23(33-2)21(29)13-24(22)34-3/h5-14H,4,16H2,1-3H3,(H,31,32)/b19-10+. The highest BCUT2D eigenvalue weighted by Crippen LogP contribution is 2.39. The van der Waals surface area contributed by atoms with Gasteiger partial charge in [-0.1, -0.05) is 41.9 Å². The number of halogens is 2. The molecule has 0 aliphatic carbocycles. The minimum Gasteiger partial charge on any atom is -0.495 e. The van der Waals surface area contributed by atoms with Gasteiger partial charge in [0.2, 0.25) is 0 Å². The summed E-state index contributed by atoms with van der Waals surface area (Å²) in [4.78, 5) is 12.9. The number of benzene rings is 3. The van der Waals surface area contributed by atoms with E-state index in [-0.39, 0.29) is 5.57 Å². The Morgan fingerprint density at radius 1 is 1.06 bits per heavy atom. The van der Waals surface area contributed by atoms with Crippen LogP contribution in [0.3, 0.4) is 0 Å². The molecular formula is C27H24BrClN2O5. The number of hydrogen-bond donors (Lipinski definition) is 1. The molecule has 0 unspecified atom stereocenters. The lowest BCUT2D eigenvalue weighted by Crippen LogP contribution is -2.14. The zero-order valence-electron chi connectivity index (χ0n) is 19.9. The SMILES string of the molecule is CCOc1cc(/C=C(\C#N)C(=O)Nc2cc(OC)c(Cl)cc2OC)cc(Br)c1OCc1ccccc1. The van der Waals surface area contributed by atoms with E-state index in [1.807, 2.05) is 43.3 Å². The monoisotopic (exact) mass is 570 g/mol. The number of amides is 1. The fourth-order valence-corrected chi connectivity index (χ4v) is 4.07. The topological polar surface area (TPSA) is 89.8 Å². The van der Waals surface area contributed by atoms with E-state index in [4.69, 9.17) is 30.5 Å². The molecule has 3 aromatic rings. The van der Waals surface area contributed by atoms with Crippen LogP contribution in [0.5, 0.6) is 23.0 Å². The van der Waals surface area contributed by atoms with Gasteiger partial charge in [0.05, 0.1) is 36.0 Å². The molecule has 186 valence electrons. The van der Waals surface area contributed by atoms with Crippen molar-refractivity contribution >= 4 is 45.2 Å². The summed E-state index contributed by atoms with van der Waals surface area (Å²) in [7, 11) is 2.91. The molecule has 0 heterocycles. The first-order valence-electron chi connectivity index (χ1n) is 10.9. The van der Waals surface area contributed by atoms with E-state index in [2.05, 4.69) is 21.2 Å². The molecular weight excluding hydrogens is 548 g/mol. The van der Waals surface area contributed by atoms with Crippen LogP contribution in [0.2, 0.25) is 5.02 Å². The zero-order chi connectivity index (χ0) is 26.1. The second-order valence-corrected chi connectivity index (χ2v) is 8.61. The molecule has 0 spiro atoms. The van der Waals surface area contributed by atoms with Crippen LogP contribution in [-0.4, -0.2) is 26.7 Å². The number of rotatable bonds is 10. The van der Waals surface area contributed by atoms with Crippen LogP contribution in [0.4, 0.5) is 5.69 Å². The number of hydrogen-bond acceptors (Lipinski definition) is 6. The Morgan fingerprint density at radius 3 is 2.42 bits per heavy atom. The molecule has 1 amide bonds. The molecule has 0 aliphatic heterocycles. The molecule has 3 rings (SSSR count). The average molecular weight is 572 g/mol. The Morgan fingerprint density at radius 2 is 1.78 bits per heavy atom. The number of nitrogens with one attached hydrogen (secondary N) is 1. The molecule has 0 atom stereocenters. The van der Waals surface area contributed by atoms with Crippen molar-refractivity contribution in [3.63, 3.8) is 0 Å². The lowest BCUT2D eigenvalue weighted by molar-refractivity contribution is -0.112. The third kappa shape index (κ3) is 6.72. The molecule has 0 aliphatic rings. The maximum absolute atomic E-state index is 12.9. The van der Waals surface area contributed by atoms with Crippen LogP contribution in [0.1, 0.15) is 18.1 Å². The van der Waals surface area contributed by atoms with Gasteiger partial charge in [0.15, 0.2) is 11.5 Å². The molecule has 0 bridgehead atoms. The average Bonchev–Trinajstić information content (AvgIpc) is 2.88. The number of carbonyl (C=O) groups excluding carboxylic acids is 1.